The zero-order chi connectivity index (χ0) is 26.7. The molecule has 4 aliphatic heterocycles. The number of hydrogen-bond acceptors (Lipinski definition) is 8. The van der Waals surface area contributed by atoms with E-state index in [9.17, 15) is 14.4 Å². The highest BCUT2D eigenvalue weighted by Crippen LogP contribution is 2.44. The number of benzene rings is 2. The third-order valence-electron chi connectivity index (χ3n) is 8.12. The van der Waals surface area contributed by atoms with E-state index < -0.39 is 43.1 Å². The zero-order valence-electron chi connectivity index (χ0n) is 21.4. The molecule has 4 fully saturated rings. The number of hydrogen-bond donors (Lipinski definition) is 1. The third kappa shape index (κ3) is 4.17. The van der Waals surface area contributed by atoms with Crippen molar-refractivity contribution in [3.8, 4) is 11.1 Å². The van der Waals surface area contributed by atoms with E-state index in [1.54, 1.807) is 9.80 Å². The molecule has 4 saturated heterocycles. The van der Waals surface area contributed by atoms with Crippen molar-refractivity contribution in [1.82, 2.24) is 15.1 Å². The molecule has 1 N–H and O–H groups in total. The fraction of sp³-hybridized carbons (Fsp3) is 0.464. The monoisotopic (exact) mass is 535 g/mol. The topological polar surface area (TPSA) is 116 Å². The first-order valence-corrected chi connectivity index (χ1v) is 13.2. The summed E-state index contributed by atoms with van der Waals surface area (Å²) in [5.41, 5.74) is 4.61. The molecule has 39 heavy (non-hydrogen) atoms. The van der Waals surface area contributed by atoms with Crippen LogP contribution < -0.4 is 5.32 Å². The van der Waals surface area contributed by atoms with Crippen molar-refractivity contribution in [2.24, 2.45) is 0 Å². The Balaban J connectivity index is 0.985. The Bertz CT molecular complexity index is 1270. The van der Waals surface area contributed by atoms with E-state index in [0.717, 1.165) is 22.3 Å². The summed E-state index contributed by atoms with van der Waals surface area (Å²) in [4.78, 5) is 41.7. The first-order valence-electron chi connectivity index (χ1n) is 13.2. The molecule has 11 nitrogen and oxygen atoms in total. The second kappa shape index (κ2) is 9.60. The van der Waals surface area contributed by atoms with E-state index in [0.29, 0.717) is 0 Å². The standard InChI is InChI=1S/C28H29N3O8/c1-29-26(32)24-20-10-30(12-22(36-20)38-24)27(33)25-21-11-31(13-23(37-21)39-25)28(34)35-14-19-17-8-4-2-6-15(17)16-7-3-5-9-18(16)19/h2-9,19-25H,10-14H2,1H3,(H,29,32)/t20-,21-,22-,23-,24-,25-/m1/s1. The molecule has 0 saturated carbocycles. The Morgan fingerprint density at radius 1 is 0.795 bits per heavy atom. The number of fused-ring (bicyclic) bond motifs is 7. The molecule has 0 radical (unpaired) electrons. The average molecular weight is 536 g/mol. The lowest BCUT2D eigenvalue weighted by molar-refractivity contribution is -0.160. The van der Waals surface area contributed by atoms with Crippen molar-refractivity contribution in [3.63, 3.8) is 0 Å². The smallest absolute Gasteiger partial charge is 0.410 e. The Morgan fingerprint density at radius 2 is 1.36 bits per heavy atom. The highest BCUT2D eigenvalue weighted by Gasteiger charge is 2.52. The molecule has 0 aromatic heterocycles. The fourth-order valence-corrected chi connectivity index (χ4v) is 6.28. The number of nitrogens with zero attached hydrogens (tertiary/aromatic N) is 2. The van der Waals surface area contributed by atoms with Gasteiger partial charge in [-0.05, 0) is 22.3 Å². The number of likely N-dealkylation sites (N-methyl/N-ethyl adjacent to an activating group) is 1. The second-order valence-corrected chi connectivity index (χ2v) is 10.4. The highest BCUT2D eigenvalue weighted by molar-refractivity contribution is 5.84. The van der Waals surface area contributed by atoms with Crippen molar-refractivity contribution >= 4 is 17.9 Å². The molecule has 2 aromatic carbocycles. The number of morpholine rings is 2. The molecule has 4 bridgehead atoms. The van der Waals surface area contributed by atoms with Crippen LogP contribution in [0.1, 0.15) is 17.0 Å². The molecular formula is C28H29N3O8. The summed E-state index contributed by atoms with van der Waals surface area (Å²) in [5.74, 6) is -0.592. The minimum absolute atomic E-state index is 0.0396. The molecule has 6 atom stereocenters. The minimum atomic E-state index is -0.864. The summed E-state index contributed by atoms with van der Waals surface area (Å²) in [6.07, 6.45) is -4.64. The van der Waals surface area contributed by atoms with Gasteiger partial charge in [-0.1, -0.05) is 48.5 Å². The lowest BCUT2D eigenvalue weighted by Crippen LogP contribution is -2.54. The van der Waals surface area contributed by atoms with Crippen LogP contribution in [0, 0.1) is 0 Å². The Morgan fingerprint density at radius 3 is 2.03 bits per heavy atom. The average Bonchev–Trinajstić information content (AvgIpc) is 3.57. The van der Waals surface area contributed by atoms with Crippen LogP contribution in [-0.2, 0) is 33.3 Å². The van der Waals surface area contributed by atoms with Gasteiger partial charge in [0, 0.05) is 13.0 Å². The van der Waals surface area contributed by atoms with Gasteiger partial charge < -0.3 is 38.8 Å². The molecular weight excluding hydrogens is 506 g/mol. The van der Waals surface area contributed by atoms with E-state index in [4.69, 9.17) is 23.7 Å². The molecule has 0 unspecified atom stereocenters. The Hall–Kier alpha value is -3.51. The van der Waals surface area contributed by atoms with Gasteiger partial charge in [-0.15, -0.1) is 0 Å². The SMILES string of the molecule is CNC(=O)[C@@H]1O[C@@H]2CN(C(=O)[C@@H]3O[C@@H]4CN(C(=O)OCC5c6ccccc6-c6ccccc65)C[C@H]3O4)C[C@H]1O2. The van der Waals surface area contributed by atoms with Gasteiger partial charge in [0.25, 0.3) is 11.8 Å². The van der Waals surface area contributed by atoms with Crippen molar-refractivity contribution in [1.29, 1.82) is 0 Å². The van der Waals surface area contributed by atoms with Gasteiger partial charge in [-0.3, -0.25) is 9.59 Å². The minimum Gasteiger partial charge on any atom is -0.448 e. The Labute approximate surface area is 224 Å². The third-order valence-corrected chi connectivity index (χ3v) is 8.12. The van der Waals surface area contributed by atoms with Gasteiger partial charge >= 0.3 is 6.09 Å². The number of carbonyl (C=O) groups is 3. The molecule has 3 amide bonds. The van der Waals surface area contributed by atoms with E-state index >= 15 is 0 Å². The van der Waals surface area contributed by atoms with Gasteiger partial charge in [-0.2, -0.15) is 0 Å². The first-order chi connectivity index (χ1) is 19.0. The van der Waals surface area contributed by atoms with Crippen molar-refractivity contribution in [2.75, 3.05) is 39.8 Å². The molecule has 5 aliphatic rings. The van der Waals surface area contributed by atoms with E-state index in [-0.39, 0.29) is 50.5 Å². The van der Waals surface area contributed by atoms with Crippen molar-refractivity contribution in [3.05, 3.63) is 59.7 Å². The molecule has 0 spiro atoms. The summed E-state index contributed by atoms with van der Waals surface area (Å²) in [7, 11) is 1.53. The van der Waals surface area contributed by atoms with Gasteiger partial charge in [0.1, 0.15) is 18.8 Å². The van der Waals surface area contributed by atoms with Crippen LogP contribution in [-0.4, -0.2) is 105 Å². The first kappa shape index (κ1) is 24.5. The quantitative estimate of drug-likeness (QED) is 0.618. The van der Waals surface area contributed by atoms with Crippen LogP contribution in [0.25, 0.3) is 11.1 Å². The van der Waals surface area contributed by atoms with Crippen molar-refractivity contribution < 1.29 is 38.1 Å². The number of carbonyl (C=O) groups excluding carboxylic acids is 3. The van der Waals surface area contributed by atoms with E-state index in [1.807, 2.05) is 24.3 Å². The predicted molar refractivity (Wildman–Crippen MR) is 134 cm³/mol. The number of rotatable bonds is 4. The van der Waals surface area contributed by atoms with Gasteiger partial charge in [0.05, 0.1) is 26.2 Å². The van der Waals surface area contributed by atoms with Crippen LogP contribution in [0.3, 0.4) is 0 Å². The maximum atomic E-state index is 13.4. The fourth-order valence-electron chi connectivity index (χ4n) is 6.28. The number of ether oxygens (including phenoxy) is 5. The van der Waals surface area contributed by atoms with Crippen molar-refractivity contribution in [2.45, 2.75) is 42.9 Å². The van der Waals surface area contributed by atoms with Gasteiger partial charge in [0.2, 0.25) is 0 Å². The van der Waals surface area contributed by atoms with E-state index in [1.165, 1.54) is 7.05 Å². The molecule has 2 aromatic rings. The lowest BCUT2D eigenvalue weighted by atomic mass is 9.98. The van der Waals surface area contributed by atoms with Crippen LogP contribution >= 0.6 is 0 Å². The highest BCUT2D eigenvalue weighted by atomic mass is 16.7. The summed E-state index contributed by atoms with van der Waals surface area (Å²) < 4.78 is 29.0. The zero-order valence-corrected chi connectivity index (χ0v) is 21.4. The second-order valence-electron chi connectivity index (χ2n) is 10.4. The predicted octanol–water partition coefficient (Wildman–Crippen LogP) is 1.06. The number of nitrogens with one attached hydrogen (secondary N) is 1. The van der Waals surface area contributed by atoms with Crippen LogP contribution in [0.15, 0.2) is 48.5 Å². The number of amides is 3. The largest absolute Gasteiger partial charge is 0.448 e. The summed E-state index contributed by atoms with van der Waals surface area (Å²) in [6.45, 7) is 0.966. The Kier molecular flexibility index (Phi) is 6.03. The maximum Gasteiger partial charge on any atom is 0.410 e. The molecule has 204 valence electrons. The van der Waals surface area contributed by atoms with Gasteiger partial charge in [0.15, 0.2) is 24.8 Å². The van der Waals surface area contributed by atoms with Gasteiger partial charge in [-0.25, -0.2) is 4.79 Å². The van der Waals surface area contributed by atoms with E-state index in [2.05, 4.69) is 29.6 Å². The summed E-state index contributed by atoms with van der Waals surface area (Å²) >= 11 is 0. The molecule has 11 heteroatoms. The molecule has 1 aliphatic carbocycles. The van der Waals surface area contributed by atoms with Crippen LogP contribution in [0.2, 0.25) is 0 Å². The lowest BCUT2D eigenvalue weighted by Gasteiger charge is -2.33. The normalized spacial score (nSPS) is 30.6. The molecule has 4 heterocycles. The van der Waals surface area contributed by atoms with Crippen LogP contribution in [0.4, 0.5) is 4.79 Å². The maximum absolute atomic E-state index is 13.4. The summed E-state index contributed by atoms with van der Waals surface area (Å²) in [5, 5.41) is 2.56. The summed E-state index contributed by atoms with van der Waals surface area (Å²) in [6, 6.07) is 16.4. The molecule has 7 rings (SSSR count). The van der Waals surface area contributed by atoms with Crippen LogP contribution in [0.5, 0.6) is 0 Å².